The summed E-state index contributed by atoms with van der Waals surface area (Å²) in [5.74, 6) is -2.84. The van der Waals surface area contributed by atoms with Gasteiger partial charge in [0.1, 0.15) is 17.6 Å². The van der Waals surface area contributed by atoms with Crippen LogP contribution in [0, 0.1) is 34.5 Å². The predicted molar refractivity (Wildman–Crippen MR) is 82.2 cm³/mol. The van der Waals surface area contributed by atoms with Gasteiger partial charge in [0.2, 0.25) is 5.78 Å². The molecule has 6 nitrogen and oxygen atoms in total. The highest BCUT2D eigenvalue weighted by Gasteiger charge is 2.90. The van der Waals surface area contributed by atoms with Gasteiger partial charge in [-0.25, -0.2) is 0 Å². The summed E-state index contributed by atoms with van der Waals surface area (Å²) in [5.41, 5.74) is -1.75. The lowest BCUT2D eigenvalue weighted by Crippen LogP contribution is -2.57. The minimum Gasteiger partial charge on any atom is -0.481 e. The largest absolute Gasteiger partial charge is 0.481 e. The molecule has 1 spiro atoms. The Hall–Kier alpha value is -1.69. The van der Waals surface area contributed by atoms with E-state index in [1.54, 1.807) is 6.92 Å². The van der Waals surface area contributed by atoms with Crippen molar-refractivity contribution in [3.05, 3.63) is 12.2 Å². The van der Waals surface area contributed by atoms with Gasteiger partial charge < -0.3 is 14.6 Å². The average molecular weight is 344 g/mol. The maximum Gasteiger partial charge on any atom is 0.316 e. The van der Waals surface area contributed by atoms with Crippen molar-refractivity contribution in [3.63, 3.8) is 0 Å². The zero-order valence-corrected chi connectivity index (χ0v) is 14.0. The third kappa shape index (κ3) is 1.18. The zero-order chi connectivity index (χ0) is 17.5. The number of epoxide rings is 1. The lowest BCUT2D eigenvalue weighted by Gasteiger charge is -2.42. The molecule has 4 bridgehead atoms. The molecule has 0 amide bonds. The molecule has 2 saturated heterocycles. The van der Waals surface area contributed by atoms with E-state index in [-0.39, 0.29) is 11.7 Å². The molecule has 0 aromatic rings. The number of ether oxygens (including phenoxy) is 2. The van der Waals surface area contributed by atoms with Crippen LogP contribution in [-0.4, -0.2) is 40.6 Å². The summed E-state index contributed by atoms with van der Waals surface area (Å²) in [4.78, 5) is 38.5. The molecule has 6 aliphatic rings. The van der Waals surface area contributed by atoms with Gasteiger partial charge in [0.05, 0.1) is 5.92 Å². The number of fused-ring (bicyclic) bond motifs is 3. The zero-order valence-electron chi connectivity index (χ0n) is 14.0. The van der Waals surface area contributed by atoms with Crippen molar-refractivity contribution in [3.8, 4) is 0 Å². The van der Waals surface area contributed by atoms with Gasteiger partial charge in [-0.3, -0.25) is 14.4 Å². The Kier molecular flexibility index (Phi) is 2.14. The molecule has 2 aliphatic heterocycles. The van der Waals surface area contributed by atoms with E-state index in [1.165, 1.54) is 0 Å². The Morgan fingerprint density at radius 1 is 1.32 bits per heavy atom. The van der Waals surface area contributed by atoms with Crippen molar-refractivity contribution in [2.75, 3.05) is 0 Å². The number of hydrogen-bond acceptors (Lipinski definition) is 5. The molecule has 6 rings (SSSR count). The van der Waals surface area contributed by atoms with Crippen LogP contribution < -0.4 is 0 Å². The third-order valence-electron chi connectivity index (χ3n) is 8.53. The Labute approximate surface area is 144 Å². The Balaban J connectivity index is 1.65. The molecule has 0 aromatic carbocycles. The first-order valence-corrected chi connectivity index (χ1v) is 9.12. The number of hydrogen-bond donors (Lipinski definition) is 1. The van der Waals surface area contributed by atoms with Crippen LogP contribution in [0.15, 0.2) is 12.2 Å². The van der Waals surface area contributed by atoms with E-state index in [4.69, 9.17) is 9.47 Å². The number of allylic oxidation sites excluding steroid dienone is 1. The summed E-state index contributed by atoms with van der Waals surface area (Å²) in [5, 5.41) is 10.2. The molecule has 0 aromatic heterocycles. The first kappa shape index (κ1) is 14.5. The summed E-state index contributed by atoms with van der Waals surface area (Å²) in [6.07, 6.45) is 1.88. The summed E-state index contributed by atoms with van der Waals surface area (Å²) in [6.45, 7) is 5.94. The van der Waals surface area contributed by atoms with Crippen LogP contribution in [0.1, 0.15) is 32.6 Å². The second kappa shape index (κ2) is 3.70. The molecular formula is C19H20O6. The highest BCUT2D eigenvalue weighted by molar-refractivity contribution is 6.05. The number of aliphatic carboxylic acids is 1. The fourth-order valence-electron chi connectivity index (χ4n) is 7.72. The van der Waals surface area contributed by atoms with Gasteiger partial charge in [0, 0.05) is 11.8 Å². The van der Waals surface area contributed by atoms with Crippen LogP contribution >= 0.6 is 0 Å². The molecule has 4 saturated carbocycles. The van der Waals surface area contributed by atoms with Gasteiger partial charge in [0.25, 0.3) is 0 Å². The summed E-state index contributed by atoms with van der Waals surface area (Å²) < 4.78 is 11.5. The smallest absolute Gasteiger partial charge is 0.316 e. The van der Waals surface area contributed by atoms with Crippen molar-refractivity contribution in [1.29, 1.82) is 0 Å². The van der Waals surface area contributed by atoms with Crippen LogP contribution in [0.4, 0.5) is 0 Å². The number of ketones is 1. The molecule has 6 heteroatoms. The van der Waals surface area contributed by atoms with Crippen LogP contribution in [0.25, 0.3) is 0 Å². The van der Waals surface area contributed by atoms with E-state index >= 15 is 0 Å². The number of rotatable bonds is 1. The van der Waals surface area contributed by atoms with E-state index in [1.807, 2.05) is 0 Å². The van der Waals surface area contributed by atoms with Gasteiger partial charge in [-0.15, -0.1) is 0 Å². The van der Waals surface area contributed by atoms with Gasteiger partial charge >= 0.3 is 11.9 Å². The highest BCUT2D eigenvalue weighted by atomic mass is 16.6. The first-order valence-electron chi connectivity index (χ1n) is 9.12. The van der Waals surface area contributed by atoms with Crippen LogP contribution in [0.5, 0.6) is 0 Å². The van der Waals surface area contributed by atoms with Gasteiger partial charge in [0.15, 0.2) is 5.60 Å². The van der Waals surface area contributed by atoms with E-state index in [0.717, 1.165) is 24.8 Å². The molecule has 1 N–H and O–H groups in total. The van der Waals surface area contributed by atoms with Crippen molar-refractivity contribution in [2.45, 2.75) is 50.4 Å². The first-order chi connectivity index (χ1) is 11.8. The van der Waals surface area contributed by atoms with Gasteiger partial charge in [-0.2, -0.15) is 0 Å². The Bertz CT molecular complexity index is 802. The van der Waals surface area contributed by atoms with E-state index in [2.05, 4.69) is 6.58 Å². The Morgan fingerprint density at radius 2 is 2.08 bits per heavy atom. The topological polar surface area (TPSA) is 93.2 Å². The minimum atomic E-state index is -1.30. The number of Topliss-reactive ketones (excluding diaryl/α,β-unsaturated/α-hetero) is 1. The molecule has 4 aliphatic carbocycles. The fraction of sp³-hybridized carbons (Fsp3) is 0.737. The minimum absolute atomic E-state index is 0.185. The summed E-state index contributed by atoms with van der Waals surface area (Å²) >= 11 is 0. The summed E-state index contributed by atoms with van der Waals surface area (Å²) in [7, 11) is 0. The fourth-order valence-corrected chi connectivity index (χ4v) is 7.72. The van der Waals surface area contributed by atoms with Crippen LogP contribution in [0.3, 0.4) is 0 Å². The number of carboxylic acid groups (broad SMARTS) is 1. The van der Waals surface area contributed by atoms with Crippen molar-refractivity contribution >= 4 is 17.7 Å². The standard InChI is InChI=1S/C19H20O6/c1-7-5-18-6-8(7)3-4-9(18)19-12(10(18)15(21)22)17(2,16(23)25-19)14-11(24-14)13(19)20/h8-12,14H,1,3-6H2,2H3,(H,21,22)/t8-,9-,10-,11+,12-,14+,17-,18+,19-/m1/s1. The quantitative estimate of drug-likeness (QED) is 0.438. The Morgan fingerprint density at radius 3 is 2.80 bits per heavy atom. The molecule has 0 unspecified atom stereocenters. The number of esters is 1. The second-order valence-corrected chi connectivity index (χ2v) is 9.20. The van der Waals surface area contributed by atoms with E-state index in [9.17, 15) is 19.5 Å². The third-order valence-corrected chi connectivity index (χ3v) is 8.53. The number of carbonyl (C=O) groups is 3. The molecular weight excluding hydrogens is 324 g/mol. The molecule has 6 fully saturated rings. The summed E-state index contributed by atoms with van der Waals surface area (Å²) in [6, 6.07) is 0. The maximum absolute atomic E-state index is 13.3. The highest BCUT2D eigenvalue weighted by Crippen LogP contribution is 2.78. The molecule has 0 radical (unpaired) electrons. The number of carboxylic acids is 1. The van der Waals surface area contributed by atoms with Crippen molar-refractivity contribution < 1.29 is 29.0 Å². The van der Waals surface area contributed by atoms with Gasteiger partial charge in [-0.1, -0.05) is 12.2 Å². The van der Waals surface area contributed by atoms with Crippen LogP contribution in [0.2, 0.25) is 0 Å². The van der Waals surface area contributed by atoms with E-state index in [0.29, 0.717) is 12.3 Å². The monoisotopic (exact) mass is 344 g/mol. The lowest BCUT2D eigenvalue weighted by atomic mass is 9.60. The average Bonchev–Trinajstić information content (AvgIpc) is 3.22. The van der Waals surface area contributed by atoms with Crippen molar-refractivity contribution in [1.82, 2.24) is 0 Å². The molecule has 9 atom stereocenters. The molecule has 25 heavy (non-hydrogen) atoms. The number of carbonyl (C=O) groups excluding carboxylic acids is 2. The SMILES string of the molecule is C=C1C[C@]23C[C@H]1CC[C@H]2[C@@]12OC(=O)[C@](C)([C@H]1[C@@H]3C(=O)O)[C@H]1O[C@H]1C2=O. The van der Waals surface area contributed by atoms with E-state index < -0.39 is 52.4 Å². The van der Waals surface area contributed by atoms with Crippen molar-refractivity contribution in [2.24, 2.45) is 34.5 Å². The maximum atomic E-state index is 13.3. The molecule has 2 heterocycles. The normalized spacial score (nSPS) is 60.0. The lowest BCUT2D eigenvalue weighted by molar-refractivity contribution is -0.169. The predicted octanol–water partition coefficient (Wildman–Crippen LogP) is 1.33. The van der Waals surface area contributed by atoms with Gasteiger partial charge in [-0.05, 0) is 43.9 Å². The molecule has 132 valence electrons. The second-order valence-electron chi connectivity index (χ2n) is 9.20. The van der Waals surface area contributed by atoms with Crippen LogP contribution in [-0.2, 0) is 23.9 Å².